The second kappa shape index (κ2) is 8.52. The van der Waals surface area contributed by atoms with Crippen molar-refractivity contribution in [3.63, 3.8) is 0 Å². The van der Waals surface area contributed by atoms with Crippen molar-refractivity contribution in [2.45, 2.75) is 19.3 Å². The van der Waals surface area contributed by atoms with Crippen molar-refractivity contribution < 1.29 is 4.74 Å². The fourth-order valence-electron chi connectivity index (χ4n) is 3.89. The number of aromatic nitrogens is 4. The largest absolute Gasteiger partial charge is 0.378 e. The number of nitrogens with zero attached hydrogens (tertiary/aromatic N) is 6. The summed E-state index contributed by atoms with van der Waals surface area (Å²) in [6.07, 6.45) is 3.50. The number of fused-ring (bicyclic) bond motifs is 1. The van der Waals surface area contributed by atoms with Crippen molar-refractivity contribution in [3.8, 4) is 17.3 Å². The Labute approximate surface area is 192 Å². The van der Waals surface area contributed by atoms with Crippen molar-refractivity contribution in [1.82, 2.24) is 19.6 Å². The maximum Gasteiger partial charge on any atom is 0.247 e. The lowest BCUT2D eigenvalue weighted by Gasteiger charge is -2.28. The monoisotopic (exact) mass is 439 g/mol. The Morgan fingerprint density at radius 2 is 1.76 bits per heavy atom. The molecular formula is C25H25N7O. The number of rotatable bonds is 5. The molecule has 4 aromatic rings. The number of morpholine rings is 1. The molecule has 0 unspecified atom stereocenters. The quantitative estimate of drug-likeness (QED) is 0.499. The first kappa shape index (κ1) is 20.9. The SMILES string of the molecule is CC(C)(C#N)c1ccc(-c2nccn3nc(Nc4ccc(N5CCOCC5)cc4)nc23)cc1. The van der Waals surface area contributed by atoms with Crippen LogP contribution >= 0.6 is 0 Å². The fourth-order valence-corrected chi connectivity index (χ4v) is 3.89. The maximum absolute atomic E-state index is 9.38. The van der Waals surface area contributed by atoms with Crippen LogP contribution < -0.4 is 10.2 Å². The summed E-state index contributed by atoms with van der Waals surface area (Å²) in [7, 11) is 0. The van der Waals surface area contributed by atoms with Crippen LogP contribution in [0.2, 0.25) is 0 Å². The smallest absolute Gasteiger partial charge is 0.247 e. The molecule has 1 saturated heterocycles. The van der Waals surface area contributed by atoms with Gasteiger partial charge in [-0.3, -0.25) is 4.98 Å². The predicted molar refractivity (Wildman–Crippen MR) is 128 cm³/mol. The first-order valence-corrected chi connectivity index (χ1v) is 11.0. The van der Waals surface area contributed by atoms with E-state index in [0.717, 1.165) is 48.8 Å². The van der Waals surface area contributed by atoms with E-state index in [1.54, 1.807) is 16.9 Å². The van der Waals surface area contributed by atoms with E-state index in [-0.39, 0.29) is 0 Å². The Hall–Kier alpha value is -3.96. The highest BCUT2D eigenvalue weighted by molar-refractivity contribution is 5.75. The van der Waals surface area contributed by atoms with Crippen LogP contribution in [0.3, 0.4) is 0 Å². The van der Waals surface area contributed by atoms with Gasteiger partial charge in [-0.25, -0.2) is 4.52 Å². The molecule has 0 radical (unpaired) electrons. The van der Waals surface area contributed by atoms with E-state index in [0.29, 0.717) is 11.6 Å². The van der Waals surface area contributed by atoms with Gasteiger partial charge in [-0.1, -0.05) is 24.3 Å². The molecule has 166 valence electrons. The number of nitriles is 1. The van der Waals surface area contributed by atoms with Gasteiger partial charge in [0, 0.05) is 42.4 Å². The van der Waals surface area contributed by atoms with Gasteiger partial charge in [0.05, 0.1) is 24.7 Å². The molecule has 2 aromatic heterocycles. The van der Waals surface area contributed by atoms with Crippen molar-refractivity contribution in [1.29, 1.82) is 5.26 Å². The number of hydrogen-bond acceptors (Lipinski definition) is 7. The Morgan fingerprint density at radius 3 is 2.45 bits per heavy atom. The highest BCUT2D eigenvalue weighted by Crippen LogP contribution is 2.28. The number of anilines is 3. The van der Waals surface area contributed by atoms with Gasteiger partial charge in [0.25, 0.3) is 0 Å². The van der Waals surface area contributed by atoms with E-state index in [2.05, 4.69) is 43.5 Å². The zero-order valence-corrected chi connectivity index (χ0v) is 18.7. The topological polar surface area (TPSA) is 91.4 Å². The van der Waals surface area contributed by atoms with E-state index < -0.39 is 5.41 Å². The minimum atomic E-state index is -0.540. The molecule has 3 heterocycles. The number of ether oxygens (including phenoxy) is 1. The van der Waals surface area contributed by atoms with Gasteiger partial charge in [-0.2, -0.15) is 10.2 Å². The van der Waals surface area contributed by atoms with Crippen LogP contribution in [0.15, 0.2) is 60.9 Å². The third-order valence-corrected chi connectivity index (χ3v) is 5.91. The maximum atomic E-state index is 9.38. The molecule has 0 aliphatic carbocycles. The summed E-state index contributed by atoms with van der Waals surface area (Å²) in [6.45, 7) is 7.16. The third-order valence-electron chi connectivity index (χ3n) is 5.91. The van der Waals surface area contributed by atoms with Gasteiger partial charge in [0.2, 0.25) is 5.95 Å². The van der Waals surface area contributed by atoms with Gasteiger partial charge in [0.15, 0.2) is 5.65 Å². The number of hydrogen-bond donors (Lipinski definition) is 1. The van der Waals surface area contributed by atoms with Gasteiger partial charge >= 0.3 is 0 Å². The van der Waals surface area contributed by atoms with Crippen LogP contribution in [0, 0.1) is 11.3 Å². The molecule has 0 spiro atoms. The minimum absolute atomic E-state index is 0.505. The molecule has 1 N–H and O–H groups in total. The highest BCUT2D eigenvalue weighted by Gasteiger charge is 2.20. The van der Waals surface area contributed by atoms with E-state index >= 15 is 0 Å². The lowest BCUT2D eigenvalue weighted by molar-refractivity contribution is 0.122. The molecule has 1 aliphatic rings. The molecule has 2 aromatic carbocycles. The van der Waals surface area contributed by atoms with Crippen molar-refractivity contribution in [3.05, 3.63) is 66.5 Å². The van der Waals surface area contributed by atoms with Gasteiger partial charge in [0.1, 0.15) is 5.69 Å². The standard InChI is InChI=1S/C25H25N7O/c1-25(2,17-26)19-5-3-18(4-6-19)22-23-29-24(30-32(23)12-11-27-22)28-20-7-9-21(10-8-20)31-13-15-33-16-14-31/h3-12H,13-16H2,1-2H3,(H,28,30). The molecule has 1 aliphatic heterocycles. The average Bonchev–Trinajstić information content (AvgIpc) is 3.27. The van der Waals surface area contributed by atoms with E-state index in [9.17, 15) is 5.26 Å². The third kappa shape index (κ3) is 4.23. The van der Waals surface area contributed by atoms with E-state index in [1.165, 1.54) is 5.69 Å². The van der Waals surface area contributed by atoms with Gasteiger partial charge < -0.3 is 15.0 Å². The van der Waals surface area contributed by atoms with Crippen LogP contribution in [0.4, 0.5) is 17.3 Å². The molecule has 8 nitrogen and oxygen atoms in total. The summed E-state index contributed by atoms with van der Waals surface area (Å²) < 4.78 is 7.15. The molecular weight excluding hydrogens is 414 g/mol. The van der Waals surface area contributed by atoms with Crippen LogP contribution in [-0.4, -0.2) is 45.9 Å². The molecule has 0 amide bonds. The van der Waals surface area contributed by atoms with E-state index in [4.69, 9.17) is 4.74 Å². The van der Waals surface area contributed by atoms with Gasteiger partial charge in [-0.05, 0) is 43.7 Å². The van der Waals surface area contributed by atoms with E-state index in [1.807, 2.05) is 50.2 Å². The second-order valence-electron chi connectivity index (χ2n) is 8.56. The number of nitrogens with one attached hydrogen (secondary N) is 1. The first-order chi connectivity index (χ1) is 16.0. The lowest BCUT2D eigenvalue weighted by Crippen LogP contribution is -2.36. The van der Waals surface area contributed by atoms with Crippen molar-refractivity contribution in [2.24, 2.45) is 0 Å². The lowest BCUT2D eigenvalue weighted by atomic mass is 9.86. The summed E-state index contributed by atoms with van der Waals surface area (Å²) in [4.78, 5) is 11.5. The minimum Gasteiger partial charge on any atom is -0.378 e. The molecule has 0 saturated carbocycles. The summed E-state index contributed by atoms with van der Waals surface area (Å²) in [5.41, 5.74) is 4.85. The summed E-state index contributed by atoms with van der Waals surface area (Å²) in [5.74, 6) is 0.505. The van der Waals surface area contributed by atoms with Crippen LogP contribution in [-0.2, 0) is 10.2 Å². The molecule has 1 fully saturated rings. The first-order valence-electron chi connectivity index (χ1n) is 11.0. The molecule has 0 atom stereocenters. The summed E-state index contributed by atoms with van der Waals surface area (Å²) in [6, 6.07) is 18.5. The highest BCUT2D eigenvalue weighted by atomic mass is 16.5. The van der Waals surface area contributed by atoms with Crippen molar-refractivity contribution in [2.75, 3.05) is 36.5 Å². The Morgan fingerprint density at radius 1 is 1.03 bits per heavy atom. The second-order valence-corrected chi connectivity index (χ2v) is 8.56. The Bertz CT molecular complexity index is 1300. The molecule has 5 rings (SSSR count). The Kier molecular flexibility index (Phi) is 5.40. The number of benzene rings is 2. The Balaban J connectivity index is 1.38. The molecule has 8 heteroatoms. The summed E-state index contributed by atoms with van der Waals surface area (Å²) >= 11 is 0. The predicted octanol–water partition coefficient (Wildman–Crippen LogP) is 4.17. The molecule has 33 heavy (non-hydrogen) atoms. The van der Waals surface area contributed by atoms with Crippen molar-refractivity contribution >= 4 is 23.0 Å². The fraction of sp³-hybridized carbons (Fsp3) is 0.280. The zero-order chi connectivity index (χ0) is 22.8. The van der Waals surface area contributed by atoms with Crippen LogP contribution in [0.1, 0.15) is 19.4 Å². The zero-order valence-electron chi connectivity index (χ0n) is 18.7. The average molecular weight is 440 g/mol. The van der Waals surface area contributed by atoms with Gasteiger partial charge in [-0.15, -0.1) is 5.10 Å². The molecule has 0 bridgehead atoms. The van der Waals surface area contributed by atoms with Crippen LogP contribution in [0.25, 0.3) is 16.9 Å². The summed E-state index contributed by atoms with van der Waals surface area (Å²) in [5, 5.41) is 17.2. The normalized spacial score (nSPS) is 14.3. The van der Waals surface area contributed by atoms with Crippen LogP contribution in [0.5, 0.6) is 0 Å².